The molecule has 0 aliphatic rings. The van der Waals surface area contributed by atoms with Crippen LogP contribution >= 0.6 is 0 Å². The molecule has 3 nitrogen and oxygen atoms in total. The number of ether oxygens (including phenoxy) is 2. The van der Waals surface area contributed by atoms with E-state index in [0.29, 0.717) is 23.5 Å². The van der Waals surface area contributed by atoms with Crippen LogP contribution in [0.2, 0.25) is 0 Å². The van der Waals surface area contributed by atoms with Gasteiger partial charge in [-0.1, -0.05) is 12.1 Å². The Hall–Kier alpha value is -2.07. The van der Waals surface area contributed by atoms with Crippen molar-refractivity contribution in [1.29, 1.82) is 0 Å². The minimum Gasteiger partial charge on any atom is -0.497 e. The molecule has 106 valence electrons. The van der Waals surface area contributed by atoms with Crippen molar-refractivity contribution in [3.8, 4) is 11.5 Å². The van der Waals surface area contributed by atoms with Gasteiger partial charge in [0.2, 0.25) is 0 Å². The molecule has 0 radical (unpaired) electrons. The topological polar surface area (TPSA) is 38.7 Å². The van der Waals surface area contributed by atoms with Gasteiger partial charge in [-0.05, 0) is 36.2 Å². The highest BCUT2D eigenvalue weighted by molar-refractivity contribution is 5.30. The van der Waals surface area contributed by atoms with Crippen molar-refractivity contribution < 1.29 is 19.0 Å². The highest BCUT2D eigenvalue weighted by Crippen LogP contribution is 2.19. The number of halogens is 1. The van der Waals surface area contributed by atoms with Crippen LogP contribution in [0, 0.1) is 5.82 Å². The van der Waals surface area contributed by atoms with Gasteiger partial charge in [0.25, 0.3) is 0 Å². The zero-order valence-corrected chi connectivity index (χ0v) is 11.3. The van der Waals surface area contributed by atoms with E-state index in [1.807, 2.05) is 24.3 Å². The Balaban J connectivity index is 1.97. The average Bonchev–Trinajstić information content (AvgIpc) is 2.48. The first-order valence-electron chi connectivity index (χ1n) is 6.38. The predicted molar refractivity (Wildman–Crippen MR) is 74.5 cm³/mol. The molecule has 0 saturated heterocycles. The molecule has 0 saturated carbocycles. The number of aliphatic hydroxyl groups excluding tert-OH is 1. The minimum atomic E-state index is -0.346. The summed E-state index contributed by atoms with van der Waals surface area (Å²) in [6, 6.07) is 12.1. The molecule has 0 spiro atoms. The van der Waals surface area contributed by atoms with Crippen LogP contribution in [0.3, 0.4) is 0 Å². The number of benzene rings is 2. The molecule has 0 aliphatic carbocycles. The maximum absolute atomic E-state index is 13.7. The van der Waals surface area contributed by atoms with Crippen molar-refractivity contribution >= 4 is 0 Å². The third-order valence-corrected chi connectivity index (χ3v) is 2.98. The van der Waals surface area contributed by atoms with Gasteiger partial charge in [0.1, 0.15) is 23.9 Å². The molecule has 0 atom stereocenters. The molecule has 2 rings (SSSR count). The lowest BCUT2D eigenvalue weighted by Gasteiger charge is -2.09. The normalized spacial score (nSPS) is 10.3. The van der Waals surface area contributed by atoms with Gasteiger partial charge in [-0.3, -0.25) is 0 Å². The second kappa shape index (κ2) is 6.91. The van der Waals surface area contributed by atoms with E-state index in [0.717, 1.165) is 5.56 Å². The molecule has 0 amide bonds. The molecule has 0 unspecified atom stereocenters. The van der Waals surface area contributed by atoms with Gasteiger partial charge in [-0.2, -0.15) is 0 Å². The van der Waals surface area contributed by atoms with Gasteiger partial charge in [0, 0.05) is 18.2 Å². The van der Waals surface area contributed by atoms with Crippen molar-refractivity contribution in [3.63, 3.8) is 0 Å². The van der Waals surface area contributed by atoms with Crippen molar-refractivity contribution in [1.82, 2.24) is 0 Å². The Bertz CT molecular complexity index is 552. The van der Waals surface area contributed by atoms with Crippen LogP contribution in [0.5, 0.6) is 11.5 Å². The van der Waals surface area contributed by atoms with Crippen LogP contribution in [0.15, 0.2) is 42.5 Å². The molecule has 0 aliphatic heterocycles. The number of rotatable bonds is 6. The van der Waals surface area contributed by atoms with Crippen molar-refractivity contribution in [3.05, 3.63) is 59.4 Å². The van der Waals surface area contributed by atoms with E-state index in [2.05, 4.69) is 0 Å². The zero-order valence-electron chi connectivity index (χ0n) is 11.3. The monoisotopic (exact) mass is 276 g/mol. The van der Waals surface area contributed by atoms with E-state index in [4.69, 9.17) is 14.6 Å². The lowest BCUT2D eigenvalue weighted by Crippen LogP contribution is -1.99. The number of methoxy groups -OCH3 is 1. The highest BCUT2D eigenvalue weighted by atomic mass is 19.1. The minimum absolute atomic E-state index is 0.122. The van der Waals surface area contributed by atoms with E-state index in [1.165, 1.54) is 13.2 Å². The fourth-order valence-corrected chi connectivity index (χ4v) is 1.81. The van der Waals surface area contributed by atoms with Gasteiger partial charge < -0.3 is 14.6 Å². The largest absolute Gasteiger partial charge is 0.497 e. The Labute approximate surface area is 117 Å². The molecule has 0 aromatic heterocycles. The fraction of sp³-hybridized carbons (Fsp3) is 0.250. The third-order valence-electron chi connectivity index (χ3n) is 2.98. The molecule has 0 fully saturated rings. The number of aliphatic hydroxyl groups is 1. The van der Waals surface area contributed by atoms with Gasteiger partial charge in [0.15, 0.2) is 0 Å². The SMILES string of the molecule is COc1ccc(COc2ccc(CCO)cc2)c(F)c1. The number of hydrogen-bond acceptors (Lipinski definition) is 3. The smallest absolute Gasteiger partial charge is 0.133 e. The quantitative estimate of drug-likeness (QED) is 0.881. The lowest BCUT2D eigenvalue weighted by molar-refractivity contribution is 0.296. The molecule has 2 aromatic carbocycles. The van der Waals surface area contributed by atoms with Crippen molar-refractivity contribution in [2.24, 2.45) is 0 Å². The van der Waals surface area contributed by atoms with Crippen LogP contribution in [0.25, 0.3) is 0 Å². The van der Waals surface area contributed by atoms with Crippen LogP contribution in [0.1, 0.15) is 11.1 Å². The summed E-state index contributed by atoms with van der Waals surface area (Å²) in [7, 11) is 1.50. The first-order valence-corrected chi connectivity index (χ1v) is 6.38. The Morgan fingerprint density at radius 3 is 2.35 bits per heavy atom. The standard InChI is InChI=1S/C16H17FO3/c1-19-15-7-4-13(16(17)10-15)11-20-14-5-2-12(3-6-14)8-9-18/h2-7,10,18H,8-9,11H2,1H3. The molecule has 2 aromatic rings. The van der Waals surface area contributed by atoms with Gasteiger partial charge in [-0.25, -0.2) is 4.39 Å². The molecule has 0 bridgehead atoms. The van der Waals surface area contributed by atoms with Crippen LogP contribution < -0.4 is 9.47 Å². The summed E-state index contributed by atoms with van der Waals surface area (Å²) in [5.74, 6) is 0.808. The summed E-state index contributed by atoms with van der Waals surface area (Å²) < 4.78 is 24.2. The Morgan fingerprint density at radius 2 is 1.75 bits per heavy atom. The van der Waals surface area contributed by atoms with Gasteiger partial charge in [0.05, 0.1) is 7.11 Å². The average molecular weight is 276 g/mol. The zero-order chi connectivity index (χ0) is 14.4. The summed E-state index contributed by atoms with van der Waals surface area (Å²) in [4.78, 5) is 0. The van der Waals surface area contributed by atoms with Crippen molar-refractivity contribution in [2.75, 3.05) is 13.7 Å². The molecule has 1 N–H and O–H groups in total. The summed E-state index contributed by atoms with van der Waals surface area (Å²) in [5, 5.41) is 8.83. The van der Waals surface area contributed by atoms with E-state index >= 15 is 0 Å². The van der Waals surface area contributed by atoms with Crippen LogP contribution in [-0.4, -0.2) is 18.8 Å². The lowest BCUT2D eigenvalue weighted by atomic mass is 10.1. The Morgan fingerprint density at radius 1 is 1.05 bits per heavy atom. The molecule has 4 heteroatoms. The fourth-order valence-electron chi connectivity index (χ4n) is 1.81. The first-order chi connectivity index (χ1) is 9.72. The second-order valence-corrected chi connectivity index (χ2v) is 4.36. The summed E-state index contributed by atoms with van der Waals surface area (Å²) in [5.41, 5.74) is 1.51. The third kappa shape index (κ3) is 3.71. The highest BCUT2D eigenvalue weighted by Gasteiger charge is 2.05. The van der Waals surface area contributed by atoms with E-state index in [9.17, 15) is 4.39 Å². The van der Waals surface area contributed by atoms with Gasteiger partial charge >= 0.3 is 0 Å². The van der Waals surface area contributed by atoms with Crippen LogP contribution in [0.4, 0.5) is 4.39 Å². The molecule has 0 heterocycles. The first kappa shape index (κ1) is 14.3. The van der Waals surface area contributed by atoms with Crippen molar-refractivity contribution in [2.45, 2.75) is 13.0 Å². The van der Waals surface area contributed by atoms with E-state index in [-0.39, 0.29) is 19.0 Å². The summed E-state index contributed by atoms with van der Waals surface area (Å²) in [6.45, 7) is 0.284. The maximum Gasteiger partial charge on any atom is 0.133 e. The van der Waals surface area contributed by atoms with E-state index < -0.39 is 0 Å². The Kier molecular flexibility index (Phi) is 4.96. The molecular formula is C16H17FO3. The number of hydrogen-bond donors (Lipinski definition) is 1. The van der Waals surface area contributed by atoms with Crippen LogP contribution in [-0.2, 0) is 13.0 Å². The van der Waals surface area contributed by atoms with Gasteiger partial charge in [-0.15, -0.1) is 0 Å². The summed E-state index contributed by atoms with van der Waals surface area (Å²) >= 11 is 0. The summed E-state index contributed by atoms with van der Waals surface area (Å²) in [6.07, 6.45) is 0.618. The predicted octanol–water partition coefficient (Wildman–Crippen LogP) is 2.95. The maximum atomic E-state index is 13.7. The second-order valence-electron chi connectivity index (χ2n) is 4.36. The molecular weight excluding hydrogens is 259 g/mol. The van der Waals surface area contributed by atoms with E-state index in [1.54, 1.807) is 12.1 Å². The molecule has 20 heavy (non-hydrogen) atoms.